The number of carbonyl (C=O) groups excluding carboxylic acids is 1. The molecular formula is C15H16O3. The highest BCUT2D eigenvalue weighted by atomic mass is 16.6. The summed E-state index contributed by atoms with van der Waals surface area (Å²) >= 11 is 0. The summed E-state index contributed by atoms with van der Waals surface area (Å²) in [5, 5.41) is 0. The molecular weight excluding hydrogens is 228 g/mol. The zero-order valence-corrected chi connectivity index (χ0v) is 10.2. The van der Waals surface area contributed by atoms with Crippen molar-refractivity contribution in [1.82, 2.24) is 0 Å². The molecule has 18 heavy (non-hydrogen) atoms. The van der Waals surface area contributed by atoms with Crippen LogP contribution in [0.1, 0.15) is 29.6 Å². The summed E-state index contributed by atoms with van der Waals surface area (Å²) in [5.74, 6) is 2.28. The molecule has 0 N–H and O–H groups in total. The van der Waals surface area contributed by atoms with Gasteiger partial charge in [0.1, 0.15) is 6.61 Å². The number of ether oxygens (including phenoxy) is 2. The average molecular weight is 244 g/mol. The van der Waals surface area contributed by atoms with Crippen molar-refractivity contribution in [3.8, 4) is 12.3 Å². The van der Waals surface area contributed by atoms with Crippen molar-refractivity contribution in [3.05, 3.63) is 35.9 Å². The lowest BCUT2D eigenvalue weighted by molar-refractivity contribution is -0.00600. The number of esters is 1. The van der Waals surface area contributed by atoms with E-state index in [0.29, 0.717) is 18.6 Å². The first kappa shape index (κ1) is 12.7. The van der Waals surface area contributed by atoms with E-state index in [2.05, 4.69) is 5.92 Å². The molecule has 1 aromatic rings. The van der Waals surface area contributed by atoms with E-state index in [-0.39, 0.29) is 18.2 Å². The monoisotopic (exact) mass is 244 g/mol. The molecule has 2 atom stereocenters. The average Bonchev–Trinajstić information content (AvgIpc) is 2.85. The quantitative estimate of drug-likeness (QED) is 0.602. The van der Waals surface area contributed by atoms with Gasteiger partial charge in [-0.2, -0.15) is 0 Å². The molecule has 1 saturated heterocycles. The van der Waals surface area contributed by atoms with Gasteiger partial charge in [-0.05, 0) is 25.0 Å². The Bertz CT molecular complexity index is 433. The third kappa shape index (κ3) is 3.35. The van der Waals surface area contributed by atoms with Crippen molar-refractivity contribution in [2.45, 2.75) is 31.5 Å². The molecule has 1 aliphatic heterocycles. The van der Waals surface area contributed by atoms with Crippen LogP contribution in [0.3, 0.4) is 0 Å². The molecule has 0 spiro atoms. The van der Waals surface area contributed by atoms with Gasteiger partial charge < -0.3 is 9.47 Å². The Morgan fingerprint density at radius 2 is 2.06 bits per heavy atom. The third-order valence-corrected chi connectivity index (χ3v) is 2.95. The molecule has 0 aromatic heterocycles. The maximum Gasteiger partial charge on any atom is 0.338 e. The molecule has 3 heteroatoms. The molecule has 0 saturated carbocycles. The van der Waals surface area contributed by atoms with E-state index in [9.17, 15) is 4.79 Å². The van der Waals surface area contributed by atoms with E-state index in [1.54, 1.807) is 12.1 Å². The fourth-order valence-corrected chi connectivity index (χ4v) is 2.01. The predicted octanol–water partition coefficient (Wildman–Crippen LogP) is 2.41. The minimum absolute atomic E-state index is 0.0176. The lowest BCUT2D eigenvalue weighted by atomic mass is 10.1. The zero-order valence-electron chi connectivity index (χ0n) is 10.2. The molecule has 0 radical (unpaired) electrons. The Morgan fingerprint density at radius 1 is 1.33 bits per heavy atom. The van der Waals surface area contributed by atoms with Gasteiger partial charge in [-0.25, -0.2) is 4.79 Å². The number of hydrogen-bond donors (Lipinski definition) is 0. The van der Waals surface area contributed by atoms with E-state index < -0.39 is 0 Å². The lowest BCUT2D eigenvalue weighted by Crippen LogP contribution is -2.19. The predicted molar refractivity (Wildman–Crippen MR) is 68.1 cm³/mol. The van der Waals surface area contributed by atoms with E-state index in [1.165, 1.54) is 0 Å². The normalized spacial score (nSPS) is 22.4. The first-order chi connectivity index (χ1) is 8.79. The second-order valence-corrected chi connectivity index (χ2v) is 4.33. The Labute approximate surface area is 107 Å². The number of terminal acetylenes is 1. The van der Waals surface area contributed by atoms with Crippen LogP contribution in [0.5, 0.6) is 0 Å². The van der Waals surface area contributed by atoms with Crippen LogP contribution in [0.25, 0.3) is 0 Å². The van der Waals surface area contributed by atoms with Crippen LogP contribution in [-0.2, 0) is 9.47 Å². The van der Waals surface area contributed by atoms with Crippen molar-refractivity contribution < 1.29 is 14.3 Å². The molecule has 2 rings (SSSR count). The maximum absolute atomic E-state index is 11.7. The van der Waals surface area contributed by atoms with Gasteiger partial charge in [0, 0.05) is 6.42 Å². The minimum atomic E-state index is -0.306. The minimum Gasteiger partial charge on any atom is -0.459 e. The number of rotatable bonds is 4. The fraction of sp³-hybridized carbons (Fsp3) is 0.400. The number of carbonyl (C=O) groups is 1. The largest absolute Gasteiger partial charge is 0.459 e. The molecule has 0 aliphatic carbocycles. The fourth-order valence-electron chi connectivity index (χ4n) is 2.01. The molecule has 1 aliphatic rings. The molecule has 1 heterocycles. The summed E-state index contributed by atoms with van der Waals surface area (Å²) in [6.07, 6.45) is 7.81. The van der Waals surface area contributed by atoms with E-state index >= 15 is 0 Å². The molecule has 1 aromatic carbocycles. The van der Waals surface area contributed by atoms with Crippen molar-refractivity contribution in [2.75, 3.05) is 6.61 Å². The summed E-state index contributed by atoms with van der Waals surface area (Å²) in [6.45, 7) is 0.300. The van der Waals surface area contributed by atoms with Crippen LogP contribution in [0.15, 0.2) is 30.3 Å². The molecule has 0 amide bonds. The summed E-state index contributed by atoms with van der Waals surface area (Å²) in [4.78, 5) is 11.7. The van der Waals surface area contributed by atoms with E-state index in [0.717, 1.165) is 12.8 Å². The standard InChI is InChI=1S/C15H16O3/c1-2-6-13-9-10-14(18-13)11-17-15(16)12-7-4-3-5-8-12/h1,3-5,7-8,13-14H,6,9-11H2/t13-,14+/m1/s1. The van der Waals surface area contributed by atoms with Crippen LogP contribution < -0.4 is 0 Å². The van der Waals surface area contributed by atoms with Crippen LogP contribution in [0.2, 0.25) is 0 Å². The van der Waals surface area contributed by atoms with Gasteiger partial charge in [-0.1, -0.05) is 18.2 Å². The Morgan fingerprint density at radius 3 is 2.78 bits per heavy atom. The Balaban J connectivity index is 1.76. The second-order valence-electron chi connectivity index (χ2n) is 4.33. The van der Waals surface area contributed by atoms with Gasteiger partial charge in [0.05, 0.1) is 17.8 Å². The Hall–Kier alpha value is -1.79. The summed E-state index contributed by atoms with van der Waals surface area (Å²) in [7, 11) is 0. The van der Waals surface area contributed by atoms with Crippen LogP contribution in [0, 0.1) is 12.3 Å². The molecule has 1 fully saturated rings. The van der Waals surface area contributed by atoms with E-state index in [1.807, 2.05) is 18.2 Å². The summed E-state index contributed by atoms with van der Waals surface area (Å²) < 4.78 is 10.9. The van der Waals surface area contributed by atoms with Crippen molar-refractivity contribution >= 4 is 5.97 Å². The van der Waals surface area contributed by atoms with Crippen LogP contribution in [0.4, 0.5) is 0 Å². The highest BCUT2D eigenvalue weighted by Gasteiger charge is 2.25. The van der Waals surface area contributed by atoms with Gasteiger partial charge >= 0.3 is 5.97 Å². The molecule has 0 unspecified atom stereocenters. The zero-order chi connectivity index (χ0) is 12.8. The summed E-state index contributed by atoms with van der Waals surface area (Å²) in [5.41, 5.74) is 0.565. The van der Waals surface area contributed by atoms with Crippen molar-refractivity contribution in [3.63, 3.8) is 0 Å². The molecule has 3 nitrogen and oxygen atoms in total. The first-order valence-electron chi connectivity index (χ1n) is 6.10. The topological polar surface area (TPSA) is 35.5 Å². The second kappa shape index (κ2) is 6.23. The smallest absolute Gasteiger partial charge is 0.338 e. The lowest BCUT2D eigenvalue weighted by Gasteiger charge is -2.12. The molecule has 0 bridgehead atoms. The van der Waals surface area contributed by atoms with Crippen molar-refractivity contribution in [1.29, 1.82) is 0 Å². The highest BCUT2D eigenvalue weighted by Crippen LogP contribution is 2.22. The first-order valence-corrected chi connectivity index (χ1v) is 6.10. The van der Waals surface area contributed by atoms with Gasteiger partial charge in [-0.3, -0.25) is 0 Å². The highest BCUT2D eigenvalue weighted by molar-refractivity contribution is 5.89. The summed E-state index contributed by atoms with van der Waals surface area (Å²) in [6, 6.07) is 8.95. The SMILES string of the molecule is C#CC[C@@H]1CC[C@@H](COC(=O)c2ccccc2)O1. The van der Waals surface area contributed by atoms with Crippen molar-refractivity contribution in [2.24, 2.45) is 0 Å². The Kier molecular flexibility index (Phi) is 4.38. The van der Waals surface area contributed by atoms with Crippen LogP contribution in [-0.4, -0.2) is 24.8 Å². The van der Waals surface area contributed by atoms with E-state index in [4.69, 9.17) is 15.9 Å². The van der Waals surface area contributed by atoms with Gasteiger partial charge in [0.15, 0.2) is 0 Å². The maximum atomic E-state index is 11.7. The molecule has 94 valence electrons. The van der Waals surface area contributed by atoms with Gasteiger partial charge in [0.25, 0.3) is 0 Å². The van der Waals surface area contributed by atoms with Crippen LogP contribution >= 0.6 is 0 Å². The number of benzene rings is 1. The van der Waals surface area contributed by atoms with Gasteiger partial charge in [-0.15, -0.1) is 12.3 Å². The third-order valence-electron chi connectivity index (χ3n) is 2.95. The van der Waals surface area contributed by atoms with Gasteiger partial charge in [0.2, 0.25) is 0 Å². The number of hydrogen-bond acceptors (Lipinski definition) is 3.